The molecule has 138 valence electrons. The molecule has 7 heteroatoms. The molecule has 0 unspecified atom stereocenters. The third kappa shape index (κ3) is 4.16. The Kier molecular flexibility index (Phi) is 5.78. The summed E-state index contributed by atoms with van der Waals surface area (Å²) < 4.78 is 17.3. The summed E-state index contributed by atoms with van der Waals surface area (Å²) in [6.45, 7) is 5.06. The van der Waals surface area contributed by atoms with Gasteiger partial charge in [-0.3, -0.25) is 4.79 Å². The van der Waals surface area contributed by atoms with Gasteiger partial charge in [0, 0.05) is 28.4 Å². The summed E-state index contributed by atoms with van der Waals surface area (Å²) in [5.41, 5.74) is 2.48. The molecule has 0 spiro atoms. The molecule has 3 rings (SSSR count). The van der Waals surface area contributed by atoms with Crippen LogP contribution < -0.4 is 0 Å². The molecule has 2 aromatic heterocycles. The first-order valence-corrected chi connectivity index (χ1v) is 9.28. The topological polar surface area (TPSA) is 66.8 Å². The third-order valence-corrected chi connectivity index (χ3v) is 5.16. The van der Waals surface area contributed by atoms with E-state index in [0.29, 0.717) is 18.8 Å². The van der Waals surface area contributed by atoms with E-state index in [4.69, 9.17) is 14.2 Å². The fourth-order valence-electron chi connectivity index (χ4n) is 2.86. The second-order valence-corrected chi connectivity index (χ2v) is 7.00. The molecule has 3 heterocycles. The fraction of sp³-hybridized carbons (Fsp3) is 0.368. The standard InChI is InChI=1S/C19H21NO5S/c1-13-10-16(14(2)20(13)6-5-15-4-3-9-26-15)17(21)11-25-19(22)18-12-23-7-8-24-18/h3-4,9-10,12H,5-8,11H2,1-2H3. The number of rotatable bonds is 7. The number of Topliss-reactive ketones (excluding diaryl/α,β-unsaturated/α-hetero) is 1. The Labute approximate surface area is 156 Å². The number of aryl methyl sites for hydroxylation is 2. The minimum Gasteiger partial charge on any atom is -0.493 e. The Hall–Kier alpha value is -2.54. The summed E-state index contributed by atoms with van der Waals surface area (Å²) >= 11 is 1.73. The first-order chi connectivity index (χ1) is 12.6. The highest BCUT2D eigenvalue weighted by Gasteiger charge is 2.21. The van der Waals surface area contributed by atoms with E-state index in [2.05, 4.69) is 16.0 Å². The number of thiophene rings is 1. The molecule has 0 N–H and O–H groups in total. The Morgan fingerprint density at radius 2 is 2.15 bits per heavy atom. The predicted octanol–water partition coefficient (Wildman–Crippen LogP) is 3.02. The van der Waals surface area contributed by atoms with Gasteiger partial charge in [0.25, 0.3) is 0 Å². The van der Waals surface area contributed by atoms with Gasteiger partial charge < -0.3 is 18.8 Å². The maximum atomic E-state index is 12.5. The number of ether oxygens (including phenoxy) is 3. The van der Waals surface area contributed by atoms with E-state index in [9.17, 15) is 9.59 Å². The molecule has 1 aliphatic rings. The van der Waals surface area contributed by atoms with Gasteiger partial charge in [0.1, 0.15) is 19.5 Å². The highest BCUT2D eigenvalue weighted by Crippen LogP contribution is 2.18. The van der Waals surface area contributed by atoms with Gasteiger partial charge in [-0.1, -0.05) is 6.07 Å². The van der Waals surface area contributed by atoms with E-state index in [1.165, 1.54) is 11.1 Å². The largest absolute Gasteiger partial charge is 0.493 e. The van der Waals surface area contributed by atoms with Gasteiger partial charge in [0.05, 0.1) is 0 Å². The smallest absolute Gasteiger partial charge is 0.377 e. The number of hydrogen-bond donors (Lipinski definition) is 0. The molecule has 0 aliphatic carbocycles. The molecular formula is C19H21NO5S. The average molecular weight is 375 g/mol. The van der Waals surface area contributed by atoms with Gasteiger partial charge in [0.15, 0.2) is 6.61 Å². The summed E-state index contributed by atoms with van der Waals surface area (Å²) in [6.07, 6.45) is 2.13. The summed E-state index contributed by atoms with van der Waals surface area (Å²) in [5.74, 6) is -0.929. The van der Waals surface area contributed by atoms with Gasteiger partial charge in [-0.2, -0.15) is 0 Å². The minimum absolute atomic E-state index is 0.00882. The Bertz CT molecular complexity index is 819. The maximum Gasteiger partial charge on any atom is 0.377 e. The van der Waals surface area contributed by atoms with Crippen molar-refractivity contribution in [3.8, 4) is 0 Å². The lowest BCUT2D eigenvalue weighted by Crippen LogP contribution is -2.20. The maximum absolute atomic E-state index is 12.5. The van der Waals surface area contributed by atoms with Crippen LogP contribution in [0.5, 0.6) is 0 Å². The first-order valence-electron chi connectivity index (χ1n) is 8.40. The Balaban J connectivity index is 1.61. The second kappa shape index (κ2) is 8.23. The van der Waals surface area contributed by atoms with Crippen LogP contribution in [0.1, 0.15) is 26.6 Å². The van der Waals surface area contributed by atoms with Gasteiger partial charge >= 0.3 is 5.97 Å². The van der Waals surface area contributed by atoms with Crippen molar-refractivity contribution in [2.75, 3.05) is 19.8 Å². The second-order valence-electron chi connectivity index (χ2n) is 5.97. The molecule has 1 aliphatic heterocycles. The van der Waals surface area contributed by atoms with E-state index in [1.54, 1.807) is 11.3 Å². The molecule has 26 heavy (non-hydrogen) atoms. The van der Waals surface area contributed by atoms with Crippen molar-refractivity contribution < 1.29 is 23.8 Å². The van der Waals surface area contributed by atoms with Crippen LogP contribution in [0, 0.1) is 13.8 Å². The van der Waals surface area contributed by atoms with Crippen LogP contribution in [0.2, 0.25) is 0 Å². The molecule has 0 saturated heterocycles. The quantitative estimate of drug-likeness (QED) is 0.550. The van der Waals surface area contributed by atoms with Crippen LogP contribution in [0.4, 0.5) is 0 Å². The summed E-state index contributed by atoms with van der Waals surface area (Å²) in [4.78, 5) is 25.7. The SMILES string of the molecule is Cc1cc(C(=O)COC(=O)C2=COCCO2)c(C)n1CCc1cccs1. The molecule has 0 aromatic carbocycles. The highest BCUT2D eigenvalue weighted by atomic mass is 32.1. The molecule has 0 saturated carbocycles. The average Bonchev–Trinajstić information content (AvgIpc) is 3.27. The number of hydrogen-bond acceptors (Lipinski definition) is 6. The van der Waals surface area contributed by atoms with Crippen LogP contribution in [-0.2, 0) is 32.0 Å². The molecule has 0 bridgehead atoms. The van der Waals surface area contributed by atoms with E-state index in [0.717, 1.165) is 24.4 Å². The van der Waals surface area contributed by atoms with Crippen molar-refractivity contribution in [2.24, 2.45) is 0 Å². The van der Waals surface area contributed by atoms with Crippen LogP contribution >= 0.6 is 11.3 Å². The third-order valence-electron chi connectivity index (χ3n) is 4.22. The van der Waals surface area contributed by atoms with Crippen molar-refractivity contribution in [3.05, 3.63) is 57.4 Å². The normalized spacial score (nSPS) is 13.5. The van der Waals surface area contributed by atoms with Crippen molar-refractivity contribution in [1.29, 1.82) is 0 Å². The van der Waals surface area contributed by atoms with E-state index < -0.39 is 5.97 Å². The molecule has 0 atom stereocenters. The predicted molar refractivity (Wildman–Crippen MR) is 97.2 cm³/mol. The van der Waals surface area contributed by atoms with Crippen molar-refractivity contribution in [3.63, 3.8) is 0 Å². The summed E-state index contributed by atoms with van der Waals surface area (Å²) in [7, 11) is 0. The van der Waals surface area contributed by atoms with Gasteiger partial charge in [-0.25, -0.2) is 4.79 Å². The van der Waals surface area contributed by atoms with Crippen molar-refractivity contribution >= 4 is 23.1 Å². The van der Waals surface area contributed by atoms with E-state index >= 15 is 0 Å². The number of esters is 1. The number of ketones is 1. The molecule has 0 amide bonds. The number of carbonyl (C=O) groups excluding carboxylic acids is 2. The van der Waals surface area contributed by atoms with Gasteiger partial charge in [0.2, 0.25) is 11.5 Å². The van der Waals surface area contributed by atoms with Crippen LogP contribution in [0.15, 0.2) is 35.6 Å². The first kappa shape index (κ1) is 18.3. The lowest BCUT2D eigenvalue weighted by Gasteiger charge is -2.14. The molecule has 2 aromatic rings. The summed E-state index contributed by atoms with van der Waals surface area (Å²) in [6, 6.07) is 5.99. The van der Waals surface area contributed by atoms with Crippen LogP contribution in [-0.4, -0.2) is 36.1 Å². The number of nitrogens with zero attached hydrogens (tertiary/aromatic N) is 1. The zero-order chi connectivity index (χ0) is 18.5. The summed E-state index contributed by atoms with van der Waals surface area (Å²) in [5, 5.41) is 2.06. The van der Waals surface area contributed by atoms with Gasteiger partial charge in [-0.15, -0.1) is 11.3 Å². The van der Waals surface area contributed by atoms with E-state index in [-0.39, 0.29) is 18.1 Å². The zero-order valence-corrected chi connectivity index (χ0v) is 15.6. The monoisotopic (exact) mass is 375 g/mol. The molecular weight excluding hydrogens is 354 g/mol. The van der Waals surface area contributed by atoms with Crippen LogP contribution in [0.3, 0.4) is 0 Å². The fourth-order valence-corrected chi connectivity index (χ4v) is 3.56. The van der Waals surface area contributed by atoms with Crippen molar-refractivity contribution in [2.45, 2.75) is 26.8 Å². The minimum atomic E-state index is -0.690. The van der Waals surface area contributed by atoms with Gasteiger partial charge in [-0.05, 0) is 37.8 Å². The zero-order valence-electron chi connectivity index (χ0n) is 14.8. The lowest BCUT2D eigenvalue weighted by molar-refractivity contribution is -0.143. The Morgan fingerprint density at radius 3 is 2.85 bits per heavy atom. The van der Waals surface area contributed by atoms with Crippen molar-refractivity contribution in [1.82, 2.24) is 4.57 Å². The molecule has 0 fully saturated rings. The van der Waals surface area contributed by atoms with E-state index in [1.807, 2.05) is 26.0 Å². The molecule has 6 nitrogen and oxygen atoms in total. The number of aromatic nitrogens is 1. The Morgan fingerprint density at radius 1 is 1.31 bits per heavy atom. The van der Waals surface area contributed by atoms with Crippen LogP contribution in [0.25, 0.3) is 0 Å². The highest BCUT2D eigenvalue weighted by molar-refractivity contribution is 7.09. The molecule has 0 radical (unpaired) electrons. The lowest BCUT2D eigenvalue weighted by atomic mass is 10.1. The number of carbonyl (C=O) groups is 2.